The molecule has 0 radical (unpaired) electrons. The Morgan fingerprint density at radius 1 is 1.30 bits per heavy atom. The van der Waals surface area contributed by atoms with Crippen LogP contribution in [0.25, 0.3) is 0 Å². The van der Waals surface area contributed by atoms with Gasteiger partial charge in [-0.05, 0) is 41.7 Å². The molecule has 0 fully saturated rings. The van der Waals surface area contributed by atoms with Crippen molar-refractivity contribution in [3.05, 3.63) is 28.8 Å². The highest BCUT2D eigenvalue weighted by atomic mass is 35.5. The van der Waals surface area contributed by atoms with E-state index in [0.717, 1.165) is 25.3 Å². The summed E-state index contributed by atoms with van der Waals surface area (Å²) < 4.78 is 0. The Labute approximate surface area is 128 Å². The molecule has 3 nitrogen and oxygen atoms in total. The van der Waals surface area contributed by atoms with Gasteiger partial charge in [-0.15, -0.1) is 12.4 Å². The van der Waals surface area contributed by atoms with E-state index in [1.165, 1.54) is 22.4 Å². The van der Waals surface area contributed by atoms with Gasteiger partial charge >= 0.3 is 0 Å². The minimum atomic E-state index is 0. The molecule has 112 valence electrons. The van der Waals surface area contributed by atoms with Gasteiger partial charge in [0.1, 0.15) is 5.84 Å². The van der Waals surface area contributed by atoms with Crippen LogP contribution in [0, 0.1) is 6.92 Å². The lowest BCUT2D eigenvalue weighted by molar-refractivity contribution is 0.850. The van der Waals surface area contributed by atoms with Gasteiger partial charge in [0, 0.05) is 32.7 Å². The lowest BCUT2D eigenvalue weighted by Gasteiger charge is -2.21. The maximum Gasteiger partial charge on any atom is 0.101 e. The van der Waals surface area contributed by atoms with Crippen molar-refractivity contribution in [3.63, 3.8) is 0 Å². The van der Waals surface area contributed by atoms with Gasteiger partial charge in [0.2, 0.25) is 0 Å². The third kappa shape index (κ3) is 3.66. The molecule has 2 rings (SSSR count). The Hall–Kier alpha value is -1.22. The topological polar surface area (TPSA) is 27.6 Å². The number of hydrogen-bond donors (Lipinski definition) is 1. The van der Waals surface area contributed by atoms with Gasteiger partial charge in [-0.3, -0.25) is 4.99 Å². The molecule has 0 amide bonds. The first-order valence-corrected chi connectivity index (χ1v) is 7.07. The van der Waals surface area contributed by atoms with Crippen molar-refractivity contribution in [3.8, 4) is 0 Å². The fourth-order valence-electron chi connectivity index (χ4n) is 2.57. The van der Waals surface area contributed by atoms with Crippen molar-refractivity contribution >= 4 is 23.9 Å². The number of nitrogens with zero attached hydrogens (tertiary/aromatic N) is 2. The van der Waals surface area contributed by atoms with Crippen LogP contribution in [0.3, 0.4) is 0 Å². The number of hydrogen-bond acceptors (Lipinski definition) is 3. The molecule has 4 heteroatoms. The van der Waals surface area contributed by atoms with Gasteiger partial charge in [0.25, 0.3) is 0 Å². The fourth-order valence-corrected chi connectivity index (χ4v) is 2.57. The molecule has 0 aliphatic carbocycles. The summed E-state index contributed by atoms with van der Waals surface area (Å²) in [6, 6.07) is 4.61. The van der Waals surface area contributed by atoms with Gasteiger partial charge in [-0.25, -0.2) is 0 Å². The molecule has 1 aliphatic heterocycles. The Balaban J connectivity index is 0.00000200. The Morgan fingerprint density at radius 3 is 2.50 bits per heavy atom. The maximum absolute atomic E-state index is 4.51. The maximum atomic E-state index is 4.51. The molecule has 0 saturated heterocycles. The van der Waals surface area contributed by atoms with Crippen LogP contribution in [0.5, 0.6) is 0 Å². The van der Waals surface area contributed by atoms with Crippen LogP contribution in [-0.4, -0.2) is 33.0 Å². The van der Waals surface area contributed by atoms with Crippen molar-refractivity contribution in [1.29, 1.82) is 0 Å². The van der Waals surface area contributed by atoms with Gasteiger partial charge < -0.3 is 10.2 Å². The van der Waals surface area contributed by atoms with Crippen LogP contribution < -0.4 is 10.2 Å². The molecule has 1 aromatic rings. The molecule has 0 saturated carbocycles. The molecule has 0 unspecified atom stereocenters. The van der Waals surface area contributed by atoms with E-state index in [2.05, 4.69) is 62.2 Å². The summed E-state index contributed by atoms with van der Waals surface area (Å²) in [5, 5.41) is 3.37. The second-order valence-electron chi connectivity index (χ2n) is 5.80. The number of anilines is 1. The monoisotopic (exact) mass is 295 g/mol. The number of amidine groups is 1. The zero-order valence-electron chi connectivity index (χ0n) is 13.2. The lowest BCUT2D eigenvalue weighted by atomic mass is 9.92. The summed E-state index contributed by atoms with van der Waals surface area (Å²) >= 11 is 0. The first-order chi connectivity index (χ1) is 8.99. The summed E-state index contributed by atoms with van der Waals surface area (Å²) in [6.45, 7) is 8.66. The normalized spacial score (nSPS) is 13.8. The average molecular weight is 296 g/mol. The number of aliphatic imine (C=N–C) groups is 1. The smallest absolute Gasteiger partial charge is 0.101 e. The SMILES string of the molecule is Cc1c(CC2=NCCN2)cc(N(C)C)cc1C(C)C.Cl. The largest absolute Gasteiger partial charge is 0.378 e. The summed E-state index contributed by atoms with van der Waals surface area (Å²) in [5.74, 6) is 1.69. The third-order valence-corrected chi connectivity index (χ3v) is 3.78. The molecule has 0 aromatic heterocycles. The molecule has 20 heavy (non-hydrogen) atoms. The number of benzene rings is 1. The number of rotatable bonds is 4. The highest BCUT2D eigenvalue weighted by Gasteiger charge is 2.14. The average Bonchev–Trinajstić information content (AvgIpc) is 2.83. The highest BCUT2D eigenvalue weighted by molar-refractivity contribution is 5.86. The van der Waals surface area contributed by atoms with Crippen LogP contribution in [0.1, 0.15) is 36.5 Å². The summed E-state index contributed by atoms with van der Waals surface area (Å²) in [4.78, 5) is 6.69. The van der Waals surface area contributed by atoms with E-state index in [-0.39, 0.29) is 12.4 Å². The first-order valence-electron chi connectivity index (χ1n) is 7.07. The van der Waals surface area contributed by atoms with Crippen molar-refractivity contribution in [2.24, 2.45) is 4.99 Å². The lowest BCUT2D eigenvalue weighted by Crippen LogP contribution is -2.21. The van der Waals surface area contributed by atoms with Crippen molar-refractivity contribution < 1.29 is 0 Å². The molecule has 0 atom stereocenters. The third-order valence-electron chi connectivity index (χ3n) is 3.78. The Bertz CT molecular complexity index is 493. The predicted octanol–water partition coefficient (Wildman–Crippen LogP) is 3.15. The predicted molar refractivity (Wildman–Crippen MR) is 90.9 cm³/mol. The van der Waals surface area contributed by atoms with Crippen molar-refractivity contribution in [1.82, 2.24) is 5.32 Å². The first kappa shape index (κ1) is 16.8. The van der Waals surface area contributed by atoms with Gasteiger partial charge in [0.05, 0.1) is 6.54 Å². The van der Waals surface area contributed by atoms with Crippen LogP contribution in [0.4, 0.5) is 5.69 Å². The summed E-state index contributed by atoms with van der Waals surface area (Å²) in [6.07, 6.45) is 0.924. The van der Waals surface area contributed by atoms with Crippen molar-refractivity contribution in [2.45, 2.75) is 33.1 Å². The second kappa shape index (κ2) is 6.98. The van der Waals surface area contributed by atoms with E-state index < -0.39 is 0 Å². The van der Waals surface area contributed by atoms with Gasteiger partial charge in [0.15, 0.2) is 0 Å². The van der Waals surface area contributed by atoms with E-state index in [4.69, 9.17) is 0 Å². The van der Waals surface area contributed by atoms with Crippen LogP contribution >= 0.6 is 12.4 Å². The minimum absolute atomic E-state index is 0. The van der Waals surface area contributed by atoms with Crippen LogP contribution in [0.2, 0.25) is 0 Å². The van der Waals surface area contributed by atoms with E-state index in [1.54, 1.807) is 0 Å². The molecule has 1 aromatic carbocycles. The zero-order valence-corrected chi connectivity index (χ0v) is 14.0. The summed E-state index contributed by atoms with van der Waals surface area (Å²) in [7, 11) is 4.20. The Morgan fingerprint density at radius 2 is 2.00 bits per heavy atom. The Kier molecular flexibility index (Phi) is 5.88. The van der Waals surface area contributed by atoms with Crippen molar-refractivity contribution in [2.75, 3.05) is 32.1 Å². The molecular weight excluding hydrogens is 270 g/mol. The van der Waals surface area contributed by atoms with Gasteiger partial charge in [-0.1, -0.05) is 13.8 Å². The number of halogens is 1. The fraction of sp³-hybridized carbons (Fsp3) is 0.562. The molecule has 1 heterocycles. The van der Waals surface area contributed by atoms with Gasteiger partial charge in [-0.2, -0.15) is 0 Å². The molecule has 1 N–H and O–H groups in total. The van der Waals surface area contributed by atoms with Crippen LogP contribution in [-0.2, 0) is 6.42 Å². The molecule has 0 spiro atoms. The second-order valence-corrected chi connectivity index (χ2v) is 5.80. The van der Waals surface area contributed by atoms with Crippen LogP contribution in [0.15, 0.2) is 17.1 Å². The van der Waals surface area contributed by atoms with E-state index in [0.29, 0.717) is 5.92 Å². The molecule has 1 aliphatic rings. The van der Waals surface area contributed by atoms with E-state index >= 15 is 0 Å². The number of nitrogens with one attached hydrogen (secondary N) is 1. The highest BCUT2D eigenvalue weighted by Crippen LogP contribution is 2.28. The quantitative estimate of drug-likeness (QED) is 0.924. The van der Waals surface area contributed by atoms with E-state index in [1.807, 2.05) is 0 Å². The standard InChI is InChI=1S/C16H25N3.ClH/c1-11(2)15-10-14(19(4)5)8-13(12(15)3)9-16-17-6-7-18-16;/h8,10-11H,6-7,9H2,1-5H3,(H,17,18);1H. The molecule has 0 bridgehead atoms. The van der Waals surface area contributed by atoms with E-state index in [9.17, 15) is 0 Å². The minimum Gasteiger partial charge on any atom is -0.378 e. The zero-order chi connectivity index (χ0) is 14.0. The molecular formula is C16H26ClN3. The summed E-state index contributed by atoms with van der Waals surface area (Å²) in [5.41, 5.74) is 5.53.